The summed E-state index contributed by atoms with van der Waals surface area (Å²) in [5, 5.41) is 6.60. The van der Waals surface area contributed by atoms with Crippen molar-refractivity contribution in [3.05, 3.63) is 40.6 Å². The number of nitrogens with zero attached hydrogens (tertiary/aromatic N) is 2. The molecule has 1 fully saturated rings. The van der Waals surface area contributed by atoms with Gasteiger partial charge in [-0.05, 0) is 38.1 Å². The lowest BCUT2D eigenvalue weighted by Gasteiger charge is -2.29. The fourth-order valence-electron chi connectivity index (χ4n) is 3.38. The van der Waals surface area contributed by atoms with Gasteiger partial charge in [-0.2, -0.15) is 0 Å². The number of anilines is 3. The third-order valence-electron chi connectivity index (χ3n) is 4.58. The third-order valence-corrected chi connectivity index (χ3v) is 5.31. The Morgan fingerprint density at radius 2 is 1.88 bits per heavy atom. The molecule has 24 heavy (non-hydrogen) atoms. The van der Waals surface area contributed by atoms with E-state index >= 15 is 0 Å². The largest absolute Gasteiger partial charge is 0.320 e. The average Bonchev–Trinajstić information content (AvgIpc) is 3.03. The molecule has 1 saturated heterocycles. The highest BCUT2D eigenvalue weighted by molar-refractivity contribution is 7.08. The van der Waals surface area contributed by atoms with Crippen molar-refractivity contribution < 1.29 is 9.59 Å². The minimum Gasteiger partial charge on any atom is -0.320 e. The van der Waals surface area contributed by atoms with Crippen molar-refractivity contribution in [2.24, 2.45) is 0 Å². The number of rotatable bonds is 2. The summed E-state index contributed by atoms with van der Waals surface area (Å²) in [4.78, 5) is 29.4. The molecule has 2 amide bonds. The topological polar surface area (TPSA) is 52.7 Å². The third kappa shape index (κ3) is 2.72. The zero-order chi connectivity index (χ0) is 16.5. The Hall–Kier alpha value is -2.18. The van der Waals surface area contributed by atoms with Gasteiger partial charge in [0, 0.05) is 10.8 Å². The molecule has 1 N–H and O–H groups in total. The van der Waals surface area contributed by atoms with Crippen molar-refractivity contribution in [2.75, 3.05) is 29.9 Å². The standard InChI is InChI=1S/C18H19N3O2S/c22-17(10-20-8-4-1-5-9-20)21-15-7-3-2-6-14(15)19-18(23)13-11-24-12-16(13)21/h2-3,6-7,11-12H,1,4-5,8-10H2,(H,19,23). The lowest BCUT2D eigenvalue weighted by atomic mass is 10.1. The number of hydrogen-bond donors (Lipinski definition) is 1. The Balaban J connectivity index is 1.72. The van der Waals surface area contributed by atoms with Gasteiger partial charge < -0.3 is 5.32 Å². The summed E-state index contributed by atoms with van der Waals surface area (Å²) in [5.41, 5.74) is 2.66. The van der Waals surface area contributed by atoms with Crippen molar-refractivity contribution in [3.63, 3.8) is 0 Å². The van der Waals surface area contributed by atoms with Gasteiger partial charge >= 0.3 is 0 Å². The van der Waals surface area contributed by atoms with Crippen LogP contribution in [0.15, 0.2) is 35.0 Å². The van der Waals surface area contributed by atoms with Gasteiger partial charge in [0.2, 0.25) is 5.91 Å². The van der Waals surface area contributed by atoms with E-state index in [0.717, 1.165) is 31.6 Å². The maximum absolute atomic E-state index is 13.1. The number of likely N-dealkylation sites (tertiary alicyclic amines) is 1. The normalized spacial score (nSPS) is 17.7. The van der Waals surface area contributed by atoms with Crippen molar-refractivity contribution in [2.45, 2.75) is 19.3 Å². The zero-order valence-corrected chi connectivity index (χ0v) is 14.1. The highest BCUT2D eigenvalue weighted by Gasteiger charge is 2.30. The van der Waals surface area contributed by atoms with Gasteiger partial charge in [0.1, 0.15) is 0 Å². The van der Waals surface area contributed by atoms with Gasteiger partial charge in [0.15, 0.2) is 0 Å². The monoisotopic (exact) mass is 341 g/mol. The van der Waals surface area contributed by atoms with E-state index in [1.807, 2.05) is 29.6 Å². The number of carbonyl (C=O) groups excluding carboxylic acids is 2. The van der Waals surface area contributed by atoms with E-state index in [9.17, 15) is 9.59 Å². The second-order valence-corrected chi connectivity index (χ2v) is 6.95. The summed E-state index contributed by atoms with van der Waals surface area (Å²) in [7, 11) is 0. The van der Waals surface area contributed by atoms with E-state index in [4.69, 9.17) is 0 Å². The molecule has 2 aliphatic heterocycles. The van der Waals surface area contributed by atoms with E-state index < -0.39 is 0 Å². The first-order valence-corrected chi connectivity index (χ1v) is 9.20. The van der Waals surface area contributed by atoms with Gasteiger partial charge in [0.25, 0.3) is 5.91 Å². The van der Waals surface area contributed by atoms with E-state index in [2.05, 4.69) is 10.2 Å². The molecular weight excluding hydrogens is 322 g/mol. The van der Waals surface area contributed by atoms with Crippen molar-refractivity contribution in [1.82, 2.24) is 4.90 Å². The first-order chi connectivity index (χ1) is 11.7. The number of carbonyl (C=O) groups is 2. The van der Waals surface area contributed by atoms with Crippen molar-refractivity contribution in [3.8, 4) is 0 Å². The number of piperidine rings is 1. The number of amides is 2. The number of para-hydroxylation sites is 2. The number of hydrogen-bond acceptors (Lipinski definition) is 4. The summed E-state index contributed by atoms with van der Waals surface area (Å²) in [6, 6.07) is 7.48. The SMILES string of the molecule is O=C1Nc2ccccc2N(C(=O)CN2CCCCC2)c2cscc21. The first-order valence-electron chi connectivity index (χ1n) is 8.26. The van der Waals surface area contributed by atoms with Crippen LogP contribution in [0.4, 0.5) is 17.1 Å². The molecule has 0 saturated carbocycles. The van der Waals surface area contributed by atoms with Crippen LogP contribution in [-0.2, 0) is 4.79 Å². The lowest BCUT2D eigenvalue weighted by Crippen LogP contribution is -2.40. The molecule has 124 valence electrons. The highest BCUT2D eigenvalue weighted by Crippen LogP contribution is 2.39. The number of fused-ring (bicyclic) bond motifs is 2. The first kappa shape index (κ1) is 15.4. The zero-order valence-electron chi connectivity index (χ0n) is 13.3. The fraction of sp³-hybridized carbons (Fsp3) is 0.333. The van der Waals surface area contributed by atoms with Crippen LogP contribution in [0, 0.1) is 0 Å². The van der Waals surface area contributed by atoms with Crippen LogP contribution in [0.3, 0.4) is 0 Å². The quantitative estimate of drug-likeness (QED) is 0.910. The van der Waals surface area contributed by atoms with Crippen LogP contribution in [0.5, 0.6) is 0 Å². The molecule has 6 heteroatoms. The van der Waals surface area contributed by atoms with Crippen LogP contribution in [0.25, 0.3) is 0 Å². The van der Waals surface area contributed by atoms with Crippen LogP contribution < -0.4 is 10.2 Å². The molecule has 0 aliphatic carbocycles. The molecule has 0 radical (unpaired) electrons. The molecule has 0 unspecified atom stereocenters. The van der Waals surface area contributed by atoms with Crippen molar-refractivity contribution >= 4 is 40.2 Å². The molecule has 0 spiro atoms. The lowest BCUT2D eigenvalue weighted by molar-refractivity contribution is -0.119. The molecule has 5 nitrogen and oxygen atoms in total. The fourth-order valence-corrected chi connectivity index (χ4v) is 4.17. The second-order valence-electron chi connectivity index (χ2n) is 6.21. The molecule has 2 aliphatic rings. The Bertz CT molecular complexity index is 780. The van der Waals surface area contributed by atoms with Gasteiger partial charge in [0.05, 0.1) is 29.2 Å². The number of thiophene rings is 1. The molecule has 1 aromatic heterocycles. The van der Waals surface area contributed by atoms with Gasteiger partial charge in [-0.25, -0.2) is 0 Å². The molecule has 1 aromatic carbocycles. The van der Waals surface area contributed by atoms with E-state index in [0.29, 0.717) is 23.5 Å². The minimum absolute atomic E-state index is 0.0144. The summed E-state index contributed by atoms with van der Waals surface area (Å²) < 4.78 is 0. The second kappa shape index (κ2) is 6.37. The molecule has 0 atom stereocenters. The number of benzene rings is 1. The molecular formula is C18H19N3O2S. The van der Waals surface area contributed by atoms with Crippen LogP contribution in [0.2, 0.25) is 0 Å². The summed E-state index contributed by atoms with van der Waals surface area (Å²) in [6.07, 6.45) is 3.53. The van der Waals surface area contributed by atoms with Crippen LogP contribution in [0.1, 0.15) is 29.6 Å². The van der Waals surface area contributed by atoms with Crippen LogP contribution in [-0.4, -0.2) is 36.3 Å². The maximum Gasteiger partial charge on any atom is 0.258 e. The Morgan fingerprint density at radius 3 is 2.71 bits per heavy atom. The Morgan fingerprint density at radius 1 is 1.08 bits per heavy atom. The summed E-state index contributed by atoms with van der Waals surface area (Å²) >= 11 is 1.44. The summed E-state index contributed by atoms with van der Waals surface area (Å²) in [5.74, 6) is -0.146. The summed E-state index contributed by atoms with van der Waals surface area (Å²) in [6.45, 7) is 2.32. The Labute approximate surface area is 144 Å². The molecule has 2 aromatic rings. The van der Waals surface area contributed by atoms with Crippen LogP contribution >= 0.6 is 11.3 Å². The molecule has 0 bridgehead atoms. The molecule has 4 rings (SSSR count). The van der Waals surface area contributed by atoms with E-state index in [1.165, 1.54) is 17.8 Å². The molecule has 3 heterocycles. The van der Waals surface area contributed by atoms with E-state index in [-0.39, 0.29) is 11.8 Å². The van der Waals surface area contributed by atoms with E-state index in [1.54, 1.807) is 10.3 Å². The van der Waals surface area contributed by atoms with Gasteiger partial charge in [-0.1, -0.05) is 18.6 Å². The van der Waals surface area contributed by atoms with Gasteiger partial charge in [-0.3, -0.25) is 19.4 Å². The van der Waals surface area contributed by atoms with Crippen molar-refractivity contribution in [1.29, 1.82) is 0 Å². The maximum atomic E-state index is 13.1. The Kier molecular flexibility index (Phi) is 4.08. The smallest absolute Gasteiger partial charge is 0.258 e. The highest BCUT2D eigenvalue weighted by atomic mass is 32.1. The predicted molar refractivity (Wildman–Crippen MR) is 96.2 cm³/mol. The number of nitrogens with one attached hydrogen (secondary N) is 1. The van der Waals surface area contributed by atoms with Gasteiger partial charge in [-0.15, -0.1) is 11.3 Å². The average molecular weight is 341 g/mol. The minimum atomic E-state index is -0.160. The predicted octanol–water partition coefficient (Wildman–Crippen LogP) is 3.46.